The van der Waals surface area contributed by atoms with Crippen molar-refractivity contribution in [1.82, 2.24) is 15.2 Å². The molecule has 162 valence electrons. The van der Waals surface area contributed by atoms with Gasteiger partial charge in [-0.3, -0.25) is 9.69 Å². The minimum atomic E-state index is -0.859. The van der Waals surface area contributed by atoms with Crippen molar-refractivity contribution in [1.29, 1.82) is 0 Å². The van der Waals surface area contributed by atoms with Gasteiger partial charge >= 0.3 is 12.1 Å². The molecular weight excluding hydrogens is 386 g/mol. The second kappa shape index (κ2) is 8.77. The number of aromatic amines is 1. The Morgan fingerprint density at radius 2 is 2.00 bits per heavy atom. The number of methoxy groups -OCH3 is 1. The Morgan fingerprint density at radius 3 is 2.70 bits per heavy atom. The minimum absolute atomic E-state index is 0.279. The van der Waals surface area contributed by atoms with Crippen LogP contribution in [0.15, 0.2) is 30.5 Å². The maximum atomic E-state index is 13.0. The number of para-hydroxylation sites is 1. The molecule has 8 heteroatoms. The number of hydrogen-bond donors (Lipinski definition) is 2. The number of nitrogens with zero attached hydrogens (tertiary/aromatic N) is 1. The van der Waals surface area contributed by atoms with Crippen LogP contribution in [-0.2, 0) is 25.5 Å². The lowest BCUT2D eigenvalue weighted by molar-refractivity contribution is -0.145. The van der Waals surface area contributed by atoms with Crippen LogP contribution >= 0.6 is 0 Å². The summed E-state index contributed by atoms with van der Waals surface area (Å²) in [6.07, 6.45) is 2.80. The van der Waals surface area contributed by atoms with Gasteiger partial charge in [-0.25, -0.2) is 9.59 Å². The lowest BCUT2D eigenvalue weighted by Gasteiger charge is -2.28. The van der Waals surface area contributed by atoms with Crippen LogP contribution in [0.25, 0.3) is 10.9 Å². The molecule has 2 heterocycles. The molecular formula is C22H29N3O5. The van der Waals surface area contributed by atoms with Crippen LogP contribution < -0.4 is 5.32 Å². The molecule has 30 heavy (non-hydrogen) atoms. The number of fused-ring (bicyclic) bond motifs is 1. The molecule has 0 aliphatic carbocycles. The van der Waals surface area contributed by atoms with E-state index in [9.17, 15) is 14.4 Å². The topological polar surface area (TPSA) is 101 Å². The summed E-state index contributed by atoms with van der Waals surface area (Å²) >= 11 is 0. The van der Waals surface area contributed by atoms with E-state index in [1.807, 2.05) is 30.5 Å². The highest BCUT2D eigenvalue weighted by Gasteiger charge is 2.38. The third kappa shape index (κ3) is 4.93. The van der Waals surface area contributed by atoms with E-state index < -0.39 is 29.7 Å². The summed E-state index contributed by atoms with van der Waals surface area (Å²) in [6, 6.07) is 6.22. The summed E-state index contributed by atoms with van der Waals surface area (Å²) in [5, 5.41) is 3.77. The summed E-state index contributed by atoms with van der Waals surface area (Å²) in [5.41, 5.74) is 1.20. The Labute approximate surface area is 175 Å². The molecule has 0 saturated carbocycles. The maximum absolute atomic E-state index is 13.0. The molecule has 0 spiro atoms. The number of carbonyl (C=O) groups is 3. The number of nitrogens with one attached hydrogen (secondary N) is 2. The second-order valence-electron chi connectivity index (χ2n) is 8.48. The standard InChI is InChI=1S/C22H29N3O5/c1-22(2,3)30-21(28)25-11-7-10-18(25)19(26)24-17(20(27)29-4)12-14-13-23-16-9-6-5-8-15(14)16/h5-6,8-9,13,17-18,23H,7,10-12H2,1-4H3,(H,24,26)/t17?,18-/m0/s1. The molecule has 1 aromatic heterocycles. The Morgan fingerprint density at radius 1 is 1.27 bits per heavy atom. The second-order valence-corrected chi connectivity index (χ2v) is 8.48. The van der Waals surface area contributed by atoms with Gasteiger partial charge in [0.1, 0.15) is 17.7 Å². The highest BCUT2D eigenvalue weighted by molar-refractivity contribution is 5.91. The van der Waals surface area contributed by atoms with Gasteiger partial charge in [-0.1, -0.05) is 18.2 Å². The summed E-state index contributed by atoms with van der Waals surface area (Å²) in [6.45, 7) is 5.79. The molecule has 2 atom stereocenters. The average molecular weight is 415 g/mol. The number of carbonyl (C=O) groups excluding carboxylic acids is 3. The molecule has 1 unspecified atom stereocenters. The van der Waals surface area contributed by atoms with E-state index in [-0.39, 0.29) is 12.3 Å². The van der Waals surface area contributed by atoms with E-state index in [2.05, 4.69) is 10.3 Å². The number of amides is 2. The first kappa shape index (κ1) is 21.7. The van der Waals surface area contributed by atoms with E-state index in [0.29, 0.717) is 19.4 Å². The van der Waals surface area contributed by atoms with Crippen molar-refractivity contribution in [3.05, 3.63) is 36.0 Å². The smallest absolute Gasteiger partial charge is 0.410 e. The molecule has 3 rings (SSSR count). The summed E-state index contributed by atoms with van der Waals surface area (Å²) in [7, 11) is 1.29. The van der Waals surface area contributed by atoms with Crippen molar-refractivity contribution in [2.45, 2.75) is 57.7 Å². The number of aromatic nitrogens is 1. The van der Waals surface area contributed by atoms with E-state index in [4.69, 9.17) is 9.47 Å². The minimum Gasteiger partial charge on any atom is -0.467 e. The number of hydrogen-bond acceptors (Lipinski definition) is 5. The van der Waals surface area contributed by atoms with Gasteiger partial charge in [-0.2, -0.15) is 0 Å². The fourth-order valence-corrected chi connectivity index (χ4v) is 3.70. The number of benzene rings is 1. The third-order valence-electron chi connectivity index (χ3n) is 5.08. The molecule has 1 saturated heterocycles. The van der Waals surface area contributed by atoms with Crippen LogP contribution in [0.2, 0.25) is 0 Å². The fraction of sp³-hybridized carbons (Fsp3) is 0.500. The highest BCUT2D eigenvalue weighted by Crippen LogP contribution is 2.22. The Kier molecular flexibility index (Phi) is 6.34. The van der Waals surface area contributed by atoms with Gasteiger partial charge in [-0.15, -0.1) is 0 Å². The normalized spacial score (nSPS) is 17.6. The first-order valence-corrected chi connectivity index (χ1v) is 10.1. The predicted octanol–water partition coefficient (Wildman–Crippen LogP) is 2.77. The van der Waals surface area contributed by atoms with Crippen LogP contribution in [0.1, 0.15) is 39.2 Å². The van der Waals surface area contributed by atoms with Gasteiger partial charge in [0.25, 0.3) is 0 Å². The third-order valence-corrected chi connectivity index (χ3v) is 5.08. The van der Waals surface area contributed by atoms with Crippen LogP contribution in [-0.4, -0.2) is 59.2 Å². The van der Waals surface area contributed by atoms with E-state index >= 15 is 0 Å². The number of rotatable bonds is 5. The molecule has 2 amide bonds. The summed E-state index contributed by atoms with van der Waals surface area (Å²) in [5.74, 6) is -0.913. The van der Waals surface area contributed by atoms with Crippen molar-refractivity contribution in [2.75, 3.05) is 13.7 Å². The van der Waals surface area contributed by atoms with E-state index in [1.165, 1.54) is 12.0 Å². The average Bonchev–Trinajstić information content (AvgIpc) is 3.33. The van der Waals surface area contributed by atoms with Crippen LogP contribution in [0.3, 0.4) is 0 Å². The lowest BCUT2D eigenvalue weighted by atomic mass is 10.0. The van der Waals surface area contributed by atoms with Gasteiger partial charge in [0.05, 0.1) is 7.11 Å². The number of ether oxygens (including phenoxy) is 2. The predicted molar refractivity (Wildman–Crippen MR) is 112 cm³/mol. The zero-order valence-corrected chi connectivity index (χ0v) is 17.9. The van der Waals surface area contributed by atoms with E-state index in [1.54, 1.807) is 20.8 Å². The molecule has 1 aliphatic heterocycles. The van der Waals surface area contributed by atoms with Gasteiger partial charge in [0.2, 0.25) is 5.91 Å². The van der Waals surface area contributed by atoms with Crippen molar-refractivity contribution in [2.24, 2.45) is 0 Å². The molecule has 0 bridgehead atoms. The SMILES string of the molecule is COC(=O)C(Cc1c[nH]c2ccccc12)NC(=O)[C@@H]1CCCN1C(=O)OC(C)(C)C. The highest BCUT2D eigenvalue weighted by atomic mass is 16.6. The van der Waals surface area contributed by atoms with Gasteiger partial charge in [0, 0.05) is 30.1 Å². The largest absolute Gasteiger partial charge is 0.467 e. The molecule has 0 radical (unpaired) electrons. The lowest BCUT2D eigenvalue weighted by Crippen LogP contribution is -2.52. The van der Waals surface area contributed by atoms with Crippen LogP contribution in [0, 0.1) is 0 Å². The van der Waals surface area contributed by atoms with Gasteiger partial charge < -0.3 is 19.8 Å². The Bertz CT molecular complexity index is 930. The molecule has 2 N–H and O–H groups in total. The molecule has 1 aliphatic rings. The summed E-state index contributed by atoms with van der Waals surface area (Å²) in [4.78, 5) is 42.4. The first-order chi connectivity index (χ1) is 14.2. The van der Waals surface area contributed by atoms with Crippen molar-refractivity contribution in [3.63, 3.8) is 0 Å². The van der Waals surface area contributed by atoms with Crippen molar-refractivity contribution < 1.29 is 23.9 Å². The van der Waals surface area contributed by atoms with Gasteiger partial charge in [0.15, 0.2) is 0 Å². The fourth-order valence-electron chi connectivity index (χ4n) is 3.70. The Balaban J connectivity index is 1.73. The molecule has 1 fully saturated rings. The van der Waals surface area contributed by atoms with Crippen molar-refractivity contribution in [3.8, 4) is 0 Å². The molecule has 8 nitrogen and oxygen atoms in total. The zero-order chi connectivity index (χ0) is 21.9. The number of likely N-dealkylation sites (tertiary alicyclic amines) is 1. The van der Waals surface area contributed by atoms with Crippen molar-refractivity contribution >= 4 is 28.9 Å². The Hall–Kier alpha value is -3.03. The molecule has 1 aromatic carbocycles. The summed E-state index contributed by atoms with van der Waals surface area (Å²) < 4.78 is 10.3. The van der Waals surface area contributed by atoms with Gasteiger partial charge in [-0.05, 0) is 45.2 Å². The number of H-pyrrole nitrogens is 1. The monoisotopic (exact) mass is 415 g/mol. The first-order valence-electron chi connectivity index (χ1n) is 10.1. The van der Waals surface area contributed by atoms with E-state index in [0.717, 1.165) is 16.5 Å². The quantitative estimate of drug-likeness (QED) is 0.732. The zero-order valence-electron chi connectivity index (χ0n) is 17.9. The molecule has 2 aromatic rings. The number of esters is 1. The van der Waals surface area contributed by atoms with Crippen LogP contribution in [0.4, 0.5) is 4.79 Å². The van der Waals surface area contributed by atoms with Crippen LogP contribution in [0.5, 0.6) is 0 Å². The maximum Gasteiger partial charge on any atom is 0.410 e.